The van der Waals surface area contributed by atoms with Crippen molar-refractivity contribution in [1.29, 1.82) is 0 Å². The van der Waals surface area contributed by atoms with Gasteiger partial charge < -0.3 is 10.2 Å². The number of amides is 1. The van der Waals surface area contributed by atoms with Crippen LogP contribution < -0.4 is 5.32 Å². The molecular formula is C15H29N3O. The van der Waals surface area contributed by atoms with Crippen LogP contribution in [0.15, 0.2) is 0 Å². The lowest BCUT2D eigenvalue weighted by Gasteiger charge is -2.36. The summed E-state index contributed by atoms with van der Waals surface area (Å²) in [5.41, 5.74) is 0.405. The van der Waals surface area contributed by atoms with E-state index < -0.39 is 0 Å². The van der Waals surface area contributed by atoms with Crippen LogP contribution in [0.3, 0.4) is 0 Å². The lowest BCUT2D eigenvalue weighted by molar-refractivity contribution is -0.136. The Morgan fingerprint density at radius 1 is 1.21 bits per heavy atom. The largest absolute Gasteiger partial charge is 0.340 e. The molecule has 1 atom stereocenters. The van der Waals surface area contributed by atoms with E-state index in [1.807, 2.05) is 0 Å². The third kappa shape index (κ3) is 4.46. The van der Waals surface area contributed by atoms with Crippen molar-refractivity contribution in [2.24, 2.45) is 11.3 Å². The normalized spacial score (nSPS) is 25.8. The number of carbonyl (C=O) groups is 1. The number of nitrogens with one attached hydrogen (secondary N) is 1. The fourth-order valence-corrected chi connectivity index (χ4v) is 2.81. The number of nitrogens with zero attached hydrogens (tertiary/aromatic N) is 2. The van der Waals surface area contributed by atoms with Crippen LogP contribution in [0.2, 0.25) is 0 Å². The van der Waals surface area contributed by atoms with Crippen molar-refractivity contribution in [3.63, 3.8) is 0 Å². The summed E-state index contributed by atoms with van der Waals surface area (Å²) in [6.07, 6.45) is 2.25. The van der Waals surface area contributed by atoms with Crippen molar-refractivity contribution in [2.75, 3.05) is 45.8 Å². The molecule has 0 aliphatic carbocycles. The molecule has 2 rings (SSSR count). The Hall–Kier alpha value is -0.610. The van der Waals surface area contributed by atoms with Crippen LogP contribution in [0.1, 0.15) is 33.6 Å². The van der Waals surface area contributed by atoms with Crippen molar-refractivity contribution >= 4 is 5.91 Å². The third-order valence-corrected chi connectivity index (χ3v) is 4.27. The van der Waals surface area contributed by atoms with Gasteiger partial charge in [0.25, 0.3) is 0 Å². The first-order valence-corrected chi connectivity index (χ1v) is 7.67. The molecule has 0 aromatic rings. The van der Waals surface area contributed by atoms with Gasteiger partial charge >= 0.3 is 0 Å². The zero-order valence-corrected chi connectivity index (χ0v) is 12.7. The van der Waals surface area contributed by atoms with Crippen LogP contribution in [0.5, 0.6) is 0 Å². The van der Waals surface area contributed by atoms with Gasteiger partial charge in [-0.15, -0.1) is 0 Å². The lowest BCUT2D eigenvalue weighted by Crippen LogP contribution is -2.51. The fraction of sp³-hybridized carbons (Fsp3) is 0.933. The van der Waals surface area contributed by atoms with Gasteiger partial charge in [0.1, 0.15) is 0 Å². The van der Waals surface area contributed by atoms with Crippen molar-refractivity contribution in [1.82, 2.24) is 15.1 Å². The van der Waals surface area contributed by atoms with Crippen molar-refractivity contribution < 1.29 is 4.79 Å². The average molecular weight is 267 g/mol. The molecule has 19 heavy (non-hydrogen) atoms. The number of piperazine rings is 1. The quantitative estimate of drug-likeness (QED) is 0.834. The highest BCUT2D eigenvalue weighted by Gasteiger charge is 2.29. The maximum atomic E-state index is 12.3. The van der Waals surface area contributed by atoms with Gasteiger partial charge in [0.2, 0.25) is 5.91 Å². The van der Waals surface area contributed by atoms with Crippen LogP contribution in [0.25, 0.3) is 0 Å². The highest BCUT2D eigenvalue weighted by atomic mass is 16.2. The lowest BCUT2D eigenvalue weighted by atomic mass is 9.92. The number of hydrogen-bond acceptors (Lipinski definition) is 3. The summed E-state index contributed by atoms with van der Waals surface area (Å²) in [6, 6.07) is 0. The Balaban J connectivity index is 1.71. The molecule has 2 heterocycles. The molecule has 0 saturated carbocycles. The summed E-state index contributed by atoms with van der Waals surface area (Å²) >= 11 is 0. The van der Waals surface area contributed by atoms with Gasteiger partial charge in [0.05, 0.1) is 5.92 Å². The topological polar surface area (TPSA) is 35.6 Å². The minimum absolute atomic E-state index is 0.237. The predicted octanol–water partition coefficient (Wildman–Crippen LogP) is 1.18. The first kappa shape index (κ1) is 14.8. The van der Waals surface area contributed by atoms with E-state index in [0.717, 1.165) is 52.2 Å². The highest BCUT2D eigenvalue weighted by Crippen LogP contribution is 2.20. The van der Waals surface area contributed by atoms with E-state index in [-0.39, 0.29) is 5.92 Å². The highest BCUT2D eigenvalue weighted by molar-refractivity contribution is 5.79. The molecule has 0 radical (unpaired) electrons. The molecule has 4 nitrogen and oxygen atoms in total. The van der Waals surface area contributed by atoms with Crippen molar-refractivity contribution in [3.8, 4) is 0 Å². The molecule has 0 aromatic carbocycles. The number of rotatable bonds is 3. The molecule has 0 spiro atoms. The molecule has 0 aromatic heterocycles. The van der Waals surface area contributed by atoms with Crippen LogP contribution in [-0.4, -0.2) is 61.5 Å². The number of carbonyl (C=O) groups excluding carboxylic acids is 1. The second-order valence-corrected chi connectivity index (χ2v) is 7.17. The zero-order chi connectivity index (χ0) is 13.9. The molecule has 1 unspecified atom stereocenters. The predicted molar refractivity (Wildman–Crippen MR) is 78.1 cm³/mol. The third-order valence-electron chi connectivity index (χ3n) is 4.27. The first-order valence-electron chi connectivity index (χ1n) is 7.67. The molecule has 2 aliphatic rings. The average Bonchev–Trinajstić information content (AvgIpc) is 2.89. The second kappa shape index (κ2) is 6.23. The Bertz CT molecular complexity index is 297. The first-order chi connectivity index (χ1) is 8.96. The Morgan fingerprint density at radius 2 is 1.89 bits per heavy atom. The van der Waals surface area contributed by atoms with Crippen LogP contribution in [0, 0.1) is 11.3 Å². The molecule has 2 aliphatic heterocycles. The maximum absolute atomic E-state index is 12.3. The summed E-state index contributed by atoms with van der Waals surface area (Å²) in [4.78, 5) is 16.9. The monoisotopic (exact) mass is 267 g/mol. The van der Waals surface area contributed by atoms with Gasteiger partial charge in [-0.3, -0.25) is 9.69 Å². The minimum Gasteiger partial charge on any atom is -0.340 e. The minimum atomic E-state index is 0.237. The van der Waals surface area contributed by atoms with Gasteiger partial charge in [-0.05, 0) is 31.3 Å². The summed E-state index contributed by atoms with van der Waals surface area (Å²) in [7, 11) is 0. The molecule has 2 saturated heterocycles. The van der Waals surface area contributed by atoms with Gasteiger partial charge in [0, 0.05) is 32.7 Å². The van der Waals surface area contributed by atoms with Crippen LogP contribution in [0.4, 0.5) is 0 Å². The molecule has 110 valence electrons. The number of hydrogen-bond donors (Lipinski definition) is 1. The van der Waals surface area contributed by atoms with E-state index in [0.29, 0.717) is 11.3 Å². The van der Waals surface area contributed by atoms with Crippen LogP contribution >= 0.6 is 0 Å². The molecule has 0 bridgehead atoms. The van der Waals surface area contributed by atoms with Gasteiger partial charge in [-0.2, -0.15) is 0 Å². The van der Waals surface area contributed by atoms with Crippen molar-refractivity contribution in [3.05, 3.63) is 0 Å². The smallest absolute Gasteiger partial charge is 0.227 e. The van der Waals surface area contributed by atoms with Gasteiger partial charge in [-0.25, -0.2) is 0 Å². The molecular weight excluding hydrogens is 238 g/mol. The fourth-order valence-electron chi connectivity index (χ4n) is 2.81. The molecule has 4 heteroatoms. The summed E-state index contributed by atoms with van der Waals surface area (Å²) in [6.45, 7) is 13.8. The van der Waals surface area contributed by atoms with E-state index in [4.69, 9.17) is 0 Å². The Kier molecular flexibility index (Phi) is 4.85. The molecule has 1 N–H and O–H groups in total. The van der Waals surface area contributed by atoms with Crippen LogP contribution in [-0.2, 0) is 4.79 Å². The van der Waals surface area contributed by atoms with E-state index in [9.17, 15) is 4.79 Å². The van der Waals surface area contributed by atoms with E-state index in [1.54, 1.807) is 0 Å². The van der Waals surface area contributed by atoms with Crippen molar-refractivity contribution in [2.45, 2.75) is 33.6 Å². The van der Waals surface area contributed by atoms with Gasteiger partial charge in [-0.1, -0.05) is 20.8 Å². The SMILES string of the molecule is CC(C)(C)CCN1CCN(C(=O)C2CCNC2)CC1. The van der Waals surface area contributed by atoms with E-state index >= 15 is 0 Å². The Labute approximate surface area is 117 Å². The molecule has 1 amide bonds. The van der Waals surface area contributed by atoms with E-state index in [2.05, 4.69) is 35.9 Å². The van der Waals surface area contributed by atoms with E-state index in [1.165, 1.54) is 6.42 Å². The molecule has 2 fully saturated rings. The standard InChI is InChI=1S/C15H29N3O/c1-15(2,3)5-7-17-8-10-18(11-9-17)14(19)13-4-6-16-12-13/h13,16H,4-12H2,1-3H3. The summed E-state index contributed by atoms with van der Waals surface area (Å²) in [5, 5.41) is 3.28. The van der Waals surface area contributed by atoms with Gasteiger partial charge in [0.15, 0.2) is 0 Å². The maximum Gasteiger partial charge on any atom is 0.227 e. The summed E-state index contributed by atoms with van der Waals surface area (Å²) < 4.78 is 0. The summed E-state index contributed by atoms with van der Waals surface area (Å²) in [5.74, 6) is 0.613. The Morgan fingerprint density at radius 3 is 2.42 bits per heavy atom. The zero-order valence-electron chi connectivity index (χ0n) is 12.7. The second-order valence-electron chi connectivity index (χ2n) is 7.17.